The molecule has 0 bridgehead atoms. The number of sulfonamides is 1. The summed E-state index contributed by atoms with van der Waals surface area (Å²) in [5.74, 6) is -0.115. The topological polar surface area (TPSA) is 69.2 Å². The molecule has 1 unspecified atom stereocenters. The normalized spacial score (nSPS) is 16.1. The van der Waals surface area contributed by atoms with Gasteiger partial charge in [0.25, 0.3) is 0 Å². The largest absolute Gasteiger partial charge is 0.434 e. The lowest BCUT2D eigenvalue weighted by Crippen LogP contribution is -2.53. The maximum atomic E-state index is 13.5. The lowest BCUT2D eigenvalue weighted by atomic mass is 9.86. The van der Waals surface area contributed by atoms with Crippen LogP contribution in [0.25, 0.3) is 0 Å². The number of hydrazone groups is 1. The van der Waals surface area contributed by atoms with E-state index in [1.165, 1.54) is 9.58 Å². The number of rotatable bonds is 5. The van der Waals surface area contributed by atoms with E-state index < -0.39 is 21.8 Å². The Morgan fingerprint density at radius 3 is 2.16 bits per heavy atom. The first-order valence-electron chi connectivity index (χ1n) is 13.3. The molecule has 0 radical (unpaired) electrons. The van der Waals surface area contributed by atoms with E-state index in [2.05, 4.69) is 4.40 Å². The minimum atomic E-state index is -4.60. The van der Waals surface area contributed by atoms with Crippen LogP contribution in [0.3, 0.4) is 0 Å². The van der Waals surface area contributed by atoms with Crippen LogP contribution >= 0.6 is 11.6 Å². The van der Waals surface area contributed by atoms with E-state index in [4.69, 9.17) is 16.7 Å². The molecule has 2 heterocycles. The summed E-state index contributed by atoms with van der Waals surface area (Å²) in [5, 5.41) is 7.01. The second-order valence-corrected chi connectivity index (χ2v) is 12.2. The first-order chi connectivity index (χ1) is 20.4. The zero-order chi connectivity index (χ0) is 30.8. The Morgan fingerprint density at radius 2 is 1.58 bits per heavy atom. The Kier molecular flexibility index (Phi) is 8.57. The maximum absolute atomic E-state index is 13.5. The molecule has 1 atom stereocenters. The molecule has 0 fully saturated rings. The third kappa shape index (κ3) is 6.89. The smallest absolute Gasteiger partial charge is 0.377 e. The number of hydrogen-bond donors (Lipinski definition) is 0. The molecule has 12 heteroatoms. The predicted octanol–water partition coefficient (Wildman–Crippen LogP) is 6.20. The van der Waals surface area contributed by atoms with Crippen molar-refractivity contribution >= 4 is 39.0 Å². The van der Waals surface area contributed by atoms with E-state index in [1.807, 2.05) is 61.5 Å². The third-order valence-electron chi connectivity index (χ3n) is 7.00. The molecule has 0 saturated carbocycles. The van der Waals surface area contributed by atoms with Crippen LogP contribution in [-0.2, 0) is 16.2 Å². The van der Waals surface area contributed by atoms with Crippen molar-refractivity contribution in [2.75, 3.05) is 25.5 Å². The zero-order valence-electron chi connectivity index (χ0n) is 23.3. The zero-order valence-corrected chi connectivity index (χ0v) is 24.9. The fourth-order valence-electron chi connectivity index (χ4n) is 4.73. The van der Waals surface area contributed by atoms with Crippen molar-refractivity contribution in [3.63, 3.8) is 0 Å². The van der Waals surface area contributed by atoms with Crippen molar-refractivity contribution in [2.45, 2.75) is 23.4 Å². The minimum Gasteiger partial charge on any atom is -0.377 e. The van der Waals surface area contributed by atoms with Gasteiger partial charge >= 0.3 is 22.2 Å². The van der Waals surface area contributed by atoms with Crippen molar-refractivity contribution in [2.24, 2.45) is 9.50 Å². The van der Waals surface area contributed by atoms with Gasteiger partial charge in [-0.05, 0) is 66.1 Å². The average Bonchev–Trinajstić information content (AvgIpc) is 3.00. The third-order valence-corrected chi connectivity index (χ3v) is 8.52. The molecular weight excluding hydrogens is 599 g/mol. The van der Waals surface area contributed by atoms with Gasteiger partial charge in [0.05, 0.1) is 30.2 Å². The summed E-state index contributed by atoms with van der Waals surface area (Å²) in [6.07, 6.45) is -0.688. The van der Waals surface area contributed by atoms with Crippen LogP contribution in [0.4, 0.5) is 18.9 Å². The Morgan fingerprint density at radius 1 is 0.953 bits per heavy atom. The van der Waals surface area contributed by atoms with Gasteiger partial charge in [0.2, 0.25) is 0 Å². The standard InChI is InChI=1S/C31H28ClF3N5O2S/c1-38(2)26-16-19-39(20-17-26)30(37-43(41,42)27-14-10-24(11-15-27)31(33,34)35)40-21-18-28(22-6-4-3-5-7-22)29(36-40)23-8-12-25(32)13-9-23/h3-17,19-20,28H,18,21H2,1-2H3/q+1. The highest BCUT2D eigenvalue weighted by atomic mass is 35.5. The molecule has 222 valence electrons. The molecule has 0 spiro atoms. The molecule has 4 aromatic rings. The molecule has 1 aliphatic rings. The van der Waals surface area contributed by atoms with Gasteiger partial charge in [0.15, 0.2) is 0 Å². The SMILES string of the molecule is CN(C)c1cc[n+](C(=NS(=O)(=O)c2ccc(C(F)(F)F)cc2)N2CCC(c3ccccc3)C(c3ccc(Cl)cc3)=N2)cc1. The molecule has 0 saturated heterocycles. The average molecular weight is 627 g/mol. The van der Waals surface area contributed by atoms with Gasteiger partial charge in [-0.1, -0.05) is 54.1 Å². The number of hydrogen-bond acceptors (Lipinski definition) is 4. The lowest BCUT2D eigenvalue weighted by molar-refractivity contribution is -0.565. The Hall–Kier alpha value is -4.22. The molecule has 3 aromatic carbocycles. The molecule has 0 N–H and O–H groups in total. The van der Waals surface area contributed by atoms with Crippen LogP contribution in [0.2, 0.25) is 5.02 Å². The molecule has 5 rings (SSSR count). The van der Waals surface area contributed by atoms with Gasteiger partial charge in [-0.25, -0.2) is 4.57 Å². The lowest BCUT2D eigenvalue weighted by Gasteiger charge is -2.27. The second kappa shape index (κ2) is 12.2. The van der Waals surface area contributed by atoms with Crippen molar-refractivity contribution in [1.82, 2.24) is 5.01 Å². The highest BCUT2D eigenvalue weighted by Gasteiger charge is 2.36. The first-order valence-corrected chi connectivity index (χ1v) is 15.1. The molecule has 0 amide bonds. The molecule has 1 aromatic heterocycles. The van der Waals surface area contributed by atoms with Crippen molar-refractivity contribution in [1.29, 1.82) is 0 Å². The molecular formula is C31H28ClF3N5O2S+. The Labute approximate surface area is 253 Å². The van der Waals surface area contributed by atoms with Crippen LogP contribution in [-0.4, -0.2) is 45.7 Å². The fourth-order valence-corrected chi connectivity index (χ4v) is 5.84. The summed E-state index contributed by atoms with van der Waals surface area (Å²) >= 11 is 6.16. The monoisotopic (exact) mass is 626 g/mol. The van der Waals surface area contributed by atoms with E-state index in [0.29, 0.717) is 23.7 Å². The van der Waals surface area contributed by atoms with Gasteiger partial charge in [-0.15, -0.1) is 10.1 Å². The molecule has 7 nitrogen and oxygen atoms in total. The van der Waals surface area contributed by atoms with Gasteiger partial charge in [0.1, 0.15) is 4.90 Å². The molecule has 43 heavy (non-hydrogen) atoms. The van der Waals surface area contributed by atoms with Crippen molar-refractivity contribution in [3.8, 4) is 0 Å². The van der Waals surface area contributed by atoms with E-state index in [-0.39, 0.29) is 16.8 Å². The first kappa shape index (κ1) is 30.2. The van der Waals surface area contributed by atoms with Crippen LogP contribution in [0.1, 0.15) is 29.0 Å². The fraction of sp³-hybridized carbons (Fsp3) is 0.194. The van der Waals surface area contributed by atoms with E-state index in [9.17, 15) is 21.6 Å². The number of halogens is 4. The van der Waals surface area contributed by atoms with Gasteiger partial charge in [0, 0.05) is 35.1 Å². The summed E-state index contributed by atoms with van der Waals surface area (Å²) in [6.45, 7) is 0.320. The van der Waals surface area contributed by atoms with E-state index >= 15 is 0 Å². The van der Waals surface area contributed by atoms with Gasteiger partial charge in [-0.3, -0.25) is 0 Å². The highest BCUT2D eigenvalue weighted by molar-refractivity contribution is 7.90. The number of aromatic nitrogens is 1. The number of alkyl halides is 3. The second-order valence-electron chi connectivity index (χ2n) is 10.1. The number of benzene rings is 3. The van der Waals surface area contributed by atoms with E-state index in [1.54, 1.807) is 36.7 Å². The van der Waals surface area contributed by atoms with Crippen LogP contribution < -0.4 is 9.47 Å². The minimum absolute atomic E-state index is 0.0248. The summed E-state index contributed by atoms with van der Waals surface area (Å²) in [7, 11) is -0.687. The number of anilines is 1. The maximum Gasteiger partial charge on any atom is 0.434 e. The highest BCUT2D eigenvalue weighted by Crippen LogP contribution is 2.32. The van der Waals surface area contributed by atoms with Gasteiger partial charge < -0.3 is 4.90 Å². The summed E-state index contributed by atoms with van der Waals surface area (Å²) in [4.78, 5) is 1.52. The summed E-state index contributed by atoms with van der Waals surface area (Å²) in [6, 6.07) is 24.0. The van der Waals surface area contributed by atoms with Crippen LogP contribution in [0.15, 0.2) is 118 Å². The predicted molar refractivity (Wildman–Crippen MR) is 161 cm³/mol. The molecule has 1 aliphatic heterocycles. The van der Waals surface area contributed by atoms with E-state index in [0.717, 1.165) is 41.1 Å². The Bertz CT molecular complexity index is 1740. The van der Waals surface area contributed by atoms with Crippen LogP contribution in [0.5, 0.6) is 0 Å². The Balaban J connectivity index is 1.64. The molecule has 0 aliphatic carbocycles. The van der Waals surface area contributed by atoms with Crippen molar-refractivity contribution in [3.05, 3.63) is 125 Å². The summed E-state index contributed by atoms with van der Waals surface area (Å²) in [5.41, 5.74) is 2.47. The number of nitrogens with zero attached hydrogens (tertiary/aromatic N) is 5. The van der Waals surface area contributed by atoms with Crippen molar-refractivity contribution < 1.29 is 26.2 Å². The van der Waals surface area contributed by atoms with Gasteiger partial charge in [-0.2, -0.15) is 21.6 Å². The van der Waals surface area contributed by atoms with Crippen LogP contribution in [0, 0.1) is 0 Å². The number of pyridine rings is 1. The quantitative estimate of drug-likeness (QED) is 0.150. The summed E-state index contributed by atoms with van der Waals surface area (Å²) < 4.78 is 72.0.